The van der Waals surface area contributed by atoms with Crippen LogP contribution in [0.25, 0.3) is 0 Å². The van der Waals surface area contributed by atoms with Gasteiger partial charge in [-0.2, -0.15) is 0 Å². The number of methoxy groups -OCH3 is 1. The fraction of sp³-hybridized carbons (Fsp3) is 0.560. The minimum atomic E-state index is -0.643. The molecule has 0 fully saturated rings. The molecule has 2 rings (SSSR count). The first kappa shape index (κ1) is 26.2. The van der Waals surface area contributed by atoms with Gasteiger partial charge in [-0.3, -0.25) is 4.79 Å². The Bertz CT molecular complexity index is 831. The summed E-state index contributed by atoms with van der Waals surface area (Å²) in [4.78, 5) is 39.1. The second-order valence-corrected chi connectivity index (χ2v) is 9.11. The van der Waals surface area contributed by atoms with Crippen LogP contribution in [-0.2, 0) is 25.6 Å². The van der Waals surface area contributed by atoms with Gasteiger partial charge in [-0.25, -0.2) is 9.59 Å². The molecule has 1 aromatic rings. The average Bonchev–Trinajstić information content (AvgIpc) is 2.78. The lowest BCUT2D eigenvalue weighted by atomic mass is 9.89. The van der Waals surface area contributed by atoms with E-state index >= 15 is 0 Å². The Morgan fingerprint density at radius 3 is 2.45 bits per heavy atom. The van der Waals surface area contributed by atoms with Crippen LogP contribution in [-0.4, -0.2) is 54.9 Å². The van der Waals surface area contributed by atoms with E-state index in [1.54, 1.807) is 25.7 Å². The van der Waals surface area contributed by atoms with Crippen LogP contribution in [0, 0.1) is 5.92 Å². The molecular formula is C25H36N2O6. The molecule has 0 bridgehead atoms. The Balaban J connectivity index is 2.00. The van der Waals surface area contributed by atoms with E-state index in [1.165, 1.54) is 7.11 Å². The van der Waals surface area contributed by atoms with Crippen LogP contribution in [0.3, 0.4) is 0 Å². The molecule has 1 aromatic carbocycles. The van der Waals surface area contributed by atoms with Gasteiger partial charge in [0.15, 0.2) is 0 Å². The van der Waals surface area contributed by atoms with Crippen molar-refractivity contribution in [1.29, 1.82) is 0 Å². The number of esters is 1. The van der Waals surface area contributed by atoms with Gasteiger partial charge < -0.3 is 24.4 Å². The first-order valence-electron chi connectivity index (χ1n) is 11.3. The topological polar surface area (TPSA) is 94.2 Å². The van der Waals surface area contributed by atoms with E-state index in [1.807, 2.05) is 43.3 Å². The molecule has 8 heteroatoms. The van der Waals surface area contributed by atoms with Crippen molar-refractivity contribution in [3.63, 3.8) is 0 Å². The number of hydrogen-bond acceptors (Lipinski definition) is 6. The van der Waals surface area contributed by atoms with Crippen LogP contribution < -0.4 is 5.32 Å². The monoisotopic (exact) mass is 460 g/mol. The van der Waals surface area contributed by atoms with Gasteiger partial charge in [0.1, 0.15) is 12.2 Å². The van der Waals surface area contributed by atoms with Crippen molar-refractivity contribution in [1.82, 2.24) is 10.2 Å². The highest BCUT2D eigenvalue weighted by Gasteiger charge is 2.33. The molecule has 0 unspecified atom stereocenters. The second kappa shape index (κ2) is 12.3. The molecule has 0 aromatic heterocycles. The largest absolute Gasteiger partial charge is 0.469 e. The average molecular weight is 461 g/mol. The molecule has 1 aliphatic heterocycles. The van der Waals surface area contributed by atoms with Crippen molar-refractivity contribution in [3.8, 4) is 0 Å². The number of ether oxygens (including phenoxy) is 3. The van der Waals surface area contributed by atoms with Crippen LogP contribution in [0.2, 0.25) is 0 Å². The van der Waals surface area contributed by atoms with Crippen molar-refractivity contribution >= 4 is 18.2 Å². The van der Waals surface area contributed by atoms with Crippen LogP contribution in [0.4, 0.5) is 9.59 Å². The van der Waals surface area contributed by atoms with E-state index in [0.717, 1.165) is 11.1 Å². The summed E-state index contributed by atoms with van der Waals surface area (Å²) in [5, 5.41) is 2.81. The van der Waals surface area contributed by atoms with Gasteiger partial charge >= 0.3 is 18.2 Å². The number of alkyl carbamates (subject to hydrolysis) is 1. The number of amides is 2. The van der Waals surface area contributed by atoms with Gasteiger partial charge in [0.05, 0.1) is 13.0 Å². The molecule has 2 atom stereocenters. The first-order valence-corrected chi connectivity index (χ1v) is 11.3. The lowest BCUT2D eigenvalue weighted by Gasteiger charge is -2.31. The summed E-state index contributed by atoms with van der Waals surface area (Å²) in [6.07, 6.45) is 2.63. The van der Waals surface area contributed by atoms with Gasteiger partial charge in [-0.15, -0.1) is 0 Å². The summed E-state index contributed by atoms with van der Waals surface area (Å²) < 4.78 is 15.8. The fourth-order valence-electron chi connectivity index (χ4n) is 3.70. The highest BCUT2D eigenvalue weighted by molar-refractivity contribution is 5.75. The first-order chi connectivity index (χ1) is 15.6. The summed E-state index contributed by atoms with van der Waals surface area (Å²) in [5.74, 6) is -1.01. The summed E-state index contributed by atoms with van der Waals surface area (Å²) >= 11 is 0. The Morgan fingerprint density at radius 2 is 1.85 bits per heavy atom. The Hall–Kier alpha value is -3.03. The van der Waals surface area contributed by atoms with Crippen molar-refractivity contribution in [2.75, 3.05) is 20.2 Å². The number of carbonyl (C=O) groups excluding carboxylic acids is 3. The molecule has 1 N–H and O–H groups in total. The van der Waals surface area contributed by atoms with E-state index in [0.29, 0.717) is 32.4 Å². The molecule has 1 heterocycles. The van der Waals surface area contributed by atoms with E-state index < -0.39 is 35.7 Å². The molecule has 1 aliphatic rings. The summed E-state index contributed by atoms with van der Waals surface area (Å²) in [6.45, 7) is 8.35. The highest BCUT2D eigenvalue weighted by atomic mass is 16.6. The highest BCUT2D eigenvalue weighted by Crippen LogP contribution is 2.24. The number of nitrogens with one attached hydrogen (secondary N) is 1. The van der Waals surface area contributed by atoms with Gasteiger partial charge in [-0.05, 0) is 45.6 Å². The molecule has 0 saturated carbocycles. The van der Waals surface area contributed by atoms with Gasteiger partial charge in [-0.1, -0.05) is 48.9 Å². The van der Waals surface area contributed by atoms with Gasteiger partial charge in [0.25, 0.3) is 0 Å². The lowest BCUT2D eigenvalue weighted by Crippen LogP contribution is -2.46. The number of benzene rings is 1. The smallest absolute Gasteiger partial charge is 0.410 e. The van der Waals surface area contributed by atoms with Crippen molar-refractivity contribution < 1.29 is 28.6 Å². The number of rotatable bonds is 8. The van der Waals surface area contributed by atoms with E-state index in [-0.39, 0.29) is 6.61 Å². The van der Waals surface area contributed by atoms with E-state index in [9.17, 15) is 14.4 Å². The molecule has 33 heavy (non-hydrogen) atoms. The quantitative estimate of drug-likeness (QED) is 0.350. The molecular weight excluding hydrogens is 424 g/mol. The molecule has 0 spiro atoms. The van der Waals surface area contributed by atoms with Crippen molar-refractivity contribution in [2.45, 2.75) is 65.2 Å². The van der Waals surface area contributed by atoms with E-state index in [2.05, 4.69) is 5.32 Å². The maximum Gasteiger partial charge on any atom is 0.410 e. The Kier molecular flexibility index (Phi) is 9.75. The lowest BCUT2D eigenvalue weighted by molar-refractivity contribution is -0.146. The minimum absolute atomic E-state index is 0.206. The summed E-state index contributed by atoms with van der Waals surface area (Å²) in [7, 11) is 1.33. The zero-order chi connectivity index (χ0) is 24.4. The normalized spacial score (nSPS) is 15.7. The molecule has 0 radical (unpaired) electrons. The molecule has 2 amide bonds. The SMILES string of the molecule is CC[C@@H](NC(=O)OC(C)(C)C)[C@@H](CC1=CCCN(C(=O)OCc2ccccc2)C1)C(=O)OC. The van der Waals surface area contributed by atoms with Crippen molar-refractivity contribution in [3.05, 3.63) is 47.5 Å². The summed E-state index contributed by atoms with van der Waals surface area (Å²) in [6, 6.07) is 9.04. The van der Waals surface area contributed by atoms with Crippen LogP contribution in [0.5, 0.6) is 0 Å². The van der Waals surface area contributed by atoms with Crippen LogP contribution in [0.15, 0.2) is 42.0 Å². The number of nitrogens with zero attached hydrogens (tertiary/aromatic N) is 1. The summed E-state index contributed by atoms with van der Waals surface area (Å²) in [5.41, 5.74) is 1.21. The third-order valence-electron chi connectivity index (χ3n) is 5.30. The minimum Gasteiger partial charge on any atom is -0.469 e. The van der Waals surface area contributed by atoms with Crippen LogP contribution in [0.1, 0.15) is 52.5 Å². The van der Waals surface area contributed by atoms with E-state index in [4.69, 9.17) is 14.2 Å². The zero-order valence-corrected chi connectivity index (χ0v) is 20.3. The predicted molar refractivity (Wildman–Crippen MR) is 124 cm³/mol. The number of hydrogen-bond donors (Lipinski definition) is 1. The third kappa shape index (κ3) is 8.79. The Morgan fingerprint density at radius 1 is 1.15 bits per heavy atom. The molecule has 8 nitrogen and oxygen atoms in total. The molecule has 182 valence electrons. The maximum atomic E-state index is 12.6. The second-order valence-electron chi connectivity index (χ2n) is 9.11. The standard InChI is InChI=1S/C25H36N2O6/c1-6-21(26-23(29)33-25(2,3)4)20(22(28)31-5)15-19-13-10-14-27(16-19)24(30)32-17-18-11-8-7-9-12-18/h7-9,11-13,20-21H,6,10,14-17H2,1-5H3,(H,26,29)/t20-,21-/m1/s1. The zero-order valence-electron chi connectivity index (χ0n) is 20.3. The van der Waals surface area contributed by atoms with Gasteiger partial charge in [0, 0.05) is 19.1 Å². The Labute approximate surface area is 196 Å². The van der Waals surface area contributed by atoms with Crippen LogP contribution >= 0.6 is 0 Å². The van der Waals surface area contributed by atoms with Gasteiger partial charge in [0.2, 0.25) is 0 Å². The molecule has 0 aliphatic carbocycles. The third-order valence-corrected chi connectivity index (χ3v) is 5.30. The van der Waals surface area contributed by atoms with Crippen molar-refractivity contribution in [2.24, 2.45) is 5.92 Å². The number of carbonyl (C=O) groups is 3. The molecule has 0 saturated heterocycles. The fourth-order valence-corrected chi connectivity index (χ4v) is 3.70. The predicted octanol–water partition coefficient (Wildman–Crippen LogP) is 4.44. The maximum absolute atomic E-state index is 12.6.